The van der Waals surface area contributed by atoms with Gasteiger partial charge in [-0.1, -0.05) is 19.3 Å². The molecule has 1 aromatic heterocycles. The molecule has 2 aliphatic rings. The van der Waals surface area contributed by atoms with E-state index in [9.17, 15) is 5.26 Å². The number of piperazine rings is 1. The molecule has 1 aromatic rings. The van der Waals surface area contributed by atoms with Gasteiger partial charge in [0.2, 0.25) is 17.5 Å². The fraction of sp³-hybridized carbons (Fsp3) is 0.714. The van der Waals surface area contributed by atoms with Gasteiger partial charge in [0.1, 0.15) is 6.07 Å². The molecule has 1 saturated heterocycles. The van der Waals surface area contributed by atoms with Gasteiger partial charge in [-0.15, -0.1) is 0 Å². The first-order chi connectivity index (χ1) is 9.38. The topological polar surface area (TPSA) is 65.1 Å². The van der Waals surface area contributed by atoms with Crippen LogP contribution in [0.4, 0.5) is 5.88 Å². The van der Waals surface area contributed by atoms with E-state index in [0.717, 1.165) is 44.9 Å². The molecule has 2 fully saturated rings. The lowest BCUT2D eigenvalue weighted by molar-refractivity contribution is 0.361. The molecular formula is C14H20N4O. The molecule has 5 heteroatoms. The maximum absolute atomic E-state index is 9.25. The maximum Gasteiger partial charge on any atom is 0.234 e. The van der Waals surface area contributed by atoms with Crippen molar-refractivity contribution < 1.29 is 4.42 Å². The summed E-state index contributed by atoms with van der Waals surface area (Å²) in [6.07, 6.45) is 6.10. The zero-order valence-electron chi connectivity index (χ0n) is 11.2. The van der Waals surface area contributed by atoms with Crippen molar-refractivity contribution in [2.75, 3.05) is 31.1 Å². The Morgan fingerprint density at radius 1 is 1.21 bits per heavy atom. The molecule has 102 valence electrons. The molecule has 0 unspecified atom stereocenters. The zero-order chi connectivity index (χ0) is 13.1. The van der Waals surface area contributed by atoms with Gasteiger partial charge in [-0.25, -0.2) is 4.98 Å². The molecule has 1 aliphatic heterocycles. The third-order valence-corrected chi connectivity index (χ3v) is 4.09. The van der Waals surface area contributed by atoms with Crippen molar-refractivity contribution in [1.82, 2.24) is 10.3 Å². The van der Waals surface area contributed by atoms with Gasteiger partial charge in [0, 0.05) is 32.1 Å². The van der Waals surface area contributed by atoms with Crippen molar-refractivity contribution in [3.05, 3.63) is 11.6 Å². The van der Waals surface area contributed by atoms with Crippen LogP contribution in [0.5, 0.6) is 0 Å². The predicted molar refractivity (Wildman–Crippen MR) is 72.1 cm³/mol. The van der Waals surface area contributed by atoms with Crippen molar-refractivity contribution in [1.29, 1.82) is 5.26 Å². The minimum absolute atomic E-state index is 0.414. The molecule has 1 saturated carbocycles. The molecule has 19 heavy (non-hydrogen) atoms. The Hall–Kier alpha value is -1.54. The molecule has 1 aliphatic carbocycles. The fourth-order valence-corrected chi connectivity index (χ4v) is 3.01. The Balaban J connectivity index is 1.83. The van der Waals surface area contributed by atoms with Crippen molar-refractivity contribution in [3.8, 4) is 6.07 Å². The normalized spacial score (nSPS) is 21.3. The number of nitriles is 1. The lowest BCUT2D eigenvalue weighted by Gasteiger charge is -2.26. The van der Waals surface area contributed by atoms with Crippen molar-refractivity contribution in [3.63, 3.8) is 0 Å². The van der Waals surface area contributed by atoms with Gasteiger partial charge in [-0.3, -0.25) is 0 Å². The average molecular weight is 260 g/mol. The van der Waals surface area contributed by atoms with Crippen molar-refractivity contribution >= 4 is 5.88 Å². The van der Waals surface area contributed by atoms with Crippen LogP contribution in [-0.4, -0.2) is 31.2 Å². The Morgan fingerprint density at radius 2 is 1.95 bits per heavy atom. The van der Waals surface area contributed by atoms with E-state index in [1.54, 1.807) is 0 Å². The lowest BCUT2D eigenvalue weighted by atomic mass is 9.89. The molecule has 0 amide bonds. The second kappa shape index (κ2) is 5.62. The second-order valence-corrected chi connectivity index (χ2v) is 5.39. The van der Waals surface area contributed by atoms with Crippen LogP contribution in [0.2, 0.25) is 0 Å². The molecule has 5 nitrogen and oxygen atoms in total. The number of hydrogen-bond donors (Lipinski definition) is 1. The molecule has 3 rings (SSSR count). The van der Waals surface area contributed by atoms with Crippen LogP contribution < -0.4 is 10.2 Å². The first kappa shape index (κ1) is 12.5. The molecule has 1 N–H and O–H groups in total. The Labute approximate surface area is 113 Å². The number of nitrogens with zero attached hydrogens (tertiary/aromatic N) is 3. The Bertz CT molecular complexity index is 464. The minimum Gasteiger partial charge on any atom is -0.423 e. The number of hydrogen-bond acceptors (Lipinski definition) is 5. The molecule has 0 atom stereocenters. The van der Waals surface area contributed by atoms with Crippen molar-refractivity contribution in [2.45, 2.75) is 38.0 Å². The zero-order valence-corrected chi connectivity index (χ0v) is 11.2. The van der Waals surface area contributed by atoms with E-state index in [1.807, 2.05) is 0 Å². The quantitative estimate of drug-likeness (QED) is 0.881. The molecule has 0 bridgehead atoms. The SMILES string of the molecule is N#Cc1nc(C2CCCCC2)oc1N1CCNCC1. The van der Waals surface area contributed by atoms with Crippen molar-refractivity contribution in [2.24, 2.45) is 0 Å². The summed E-state index contributed by atoms with van der Waals surface area (Å²) in [5.41, 5.74) is 0.461. The number of rotatable bonds is 2. The first-order valence-corrected chi connectivity index (χ1v) is 7.25. The number of aromatic nitrogens is 1. The highest BCUT2D eigenvalue weighted by molar-refractivity contribution is 5.48. The van der Waals surface area contributed by atoms with Crippen LogP contribution in [0, 0.1) is 11.3 Å². The van der Waals surface area contributed by atoms with Gasteiger partial charge < -0.3 is 14.6 Å². The van der Waals surface area contributed by atoms with Gasteiger partial charge in [0.25, 0.3) is 0 Å². The minimum atomic E-state index is 0.414. The number of oxazole rings is 1. The van der Waals surface area contributed by atoms with E-state index in [2.05, 4.69) is 21.3 Å². The van der Waals surface area contributed by atoms with E-state index < -0.39 is 0 Å². The van der Waals surface area contributed by atoms with Gasteiger partial charge >= 0.3 is 0 Å². The number of nitrogens with one attached hydrogen (secondary N) is 1. The van der Waals surface area contributed by atoms with Gasteiger partial charge in [-0.05, 0) is 12.8 Å². The first-order valence-electron chi connectivity index (χ1n) is 7.25. The average Bonchev–Trinajstić information content (AvgIpc) is 2.93. The van der Waals surface area contributed by atoms with E-state index in [1.165, 1.54) is 19.3 Å². The standard InChI is InChI=1S/C14H20N4O/c15-10-12-14(18-8-6-16-7-9-18)19-13(17-12)11-4-2-1-3-5-11/h11,16H,1-9H2. The largest absolute Gasteiger partial charge is 0.423 e. The summed E-state index contributed by atoms with van der Waals surface area (Å²) in [5, 5.41) is 12.6. The molecule has 0 spiro atoms. The highest BCUT2D eigenvalue weighted by atomic mass is 16.4. The summed E-state index contributed by atoms with van der Waals surface area (Å²) in [6, 6.07) is 2.19. The third kappa shape index (κ3) is 2.59. The summed E-state index contributed by atoms with van der Waals surface area (Å²) in [6.45, 7) is 3.64. The van der Waals surface area contributed by atoms with Gasteiger partial charge in [0.15, 0.2) is 0 Å². The molecule has 0 aromatic carbocycles. The highest BCUT2D eigenvalue weighted by Gasteiger charge is 2.26. The number of anilines is 1. The van der Waals surface area contributed by atoms with E-state index >= 15 is 0 Å². The van der Waals surface area contributed by atoms with E-state index in [-0.39, 0.29) is 0 Å². The maximum atomic E-state index is 9.25. The van der Waals surface area contributed by atoms with Crippen LogP contribution in [-0.2, 0) is 0 Å². The van der Waals surface area contributed by atoms with Gasteiger partial charge in [0.05, 0.1) is 0 Å². The molecule has 0 radical (unpaired) electrons. The second-order valence-electron chi connectivity index (χ2n) is 5.39. The van der Waals surface area contributed by atoms with Crippen LogP contribution in [0.25, 0.3) is 0 Å². The third-order valence-electron chi connectivity index (χ3n) is 4.09. The van der Waals surface area contributed by atoms with Gasteiger partial charge in [-0.2, -0.15) is 5.26 Å². The fourth-order valence-electron chi connectivity index (χ4n) is 3.01. The van der Waals surface area contributed by atoms with E-state index in [4.69, 9.17) is 4.42 Å². The monoisotopic (exact) mass is 260 g/mol. The van der Waals surface area contributed by atoms with Crippen LogP contribution in [0.15, 0.2) is 4.42 Å². The van der Waals surface area contributed by atoms with Crippen LogP contribution >= 0.6 is 0 Å². The predicted octanol–water partition coefficient (Wildman–Crippen LogP) is 2.00. The summed E-state index contributed by atoms with van der Waals surface area (Å²) in [5.74, 6) is 1.88. The lowest BCUT2D eigenvalue weighted by Crippen LogP contribution is -2.43. The summed E-state index contributed by atoms with van der Waals surface area (Å²) >= 11 is 0. The molecule has 2 heterocycles. The summed E-state index contributed by atoms with van der Waals surface area (Å²) < 4.78 is 5.95. The van der Waals surface area contributed by atoms with Crippen LogP contribution in [0.1, 0.15) is 49.6 Å². The Kier molecular flexibility index (Phi) is 3.69. The summed E-state index contributed by atoms with van der Waals surface area (Å²) in [7, 11) is 0. The van der Waals surface area contributed by atoms with Crippen LogP contribution in [0.3, 0.4) is 0 Å². The molecular weight excluding hydrogens is 240 g/mol. The Morgan fingerprint density at radius 3 is 2.63 bits per heavy atom. The highest BCUT2D eigenvalue weighted by Crippen LogP contribution is 2.35. The summed E-state index contributed by atoms with van der Waals surface area (Å²) in [4.78, 5) is 6.57. The smallest absolute Gasteiger partial charge is 0.234 e. The van der Waals surface area contributed by atoms with E-state index in [0.29, 0.717) is 17.5 Å².